The van der Waals surface area contributed by atoms with Gasteiger partial charge in [-0.2, -0.15) is 0 Å². The summed E-state index contributed by atoms with van der Waals surface area (Å²) in [5.41, 5.74) is 1.54. The third-order valence-corrected chi connectivity index (χ3v) is 3.81. The molecular formula is C19H29IN4. The Kier molecular flexibility index (Phi) is 8.89. The van der Waals surface area contributed by atoms with Crippen LogP contribution >= 0.6 is 24.0 Å². The van der Waals surface area contributed by atoms with E-state index in [0.29, 0.717) is 0 Å². The van der Waals surface area contributed by atoms with Crippen LogP contribution in [0.1, 0.15) is 19.4 Å². The van der Waals surface area contributed by atoms with Gasteiger partial charge < -0.3 is 15.2 Å². The Morgan fingerprint density at radius 2 is 1.71 bits per heavy atom. The van der Waals surface area contributed by atoms with Crippen molar-refractivity contribution in [3.63, 3.8) is 0 Å². The summed E-state index contributed by atoms with van der Waals surface area (Å²) < 4.78 is 2.15. The summed E-state index contributed by atoms with van der Waals surface area (Å²) in [6, 6.07) is 14.7. The molecule has 0 aliphatic heterocycles. The number of hydrogen-bond acceptors (Lipinski definition) is 1. The molecule has 132 valence electrons. The normalized spacial score (nSPS) is 11.7. The molecular weight excluding hydrogens is 411 g/mol. The average molecular weight is 440 g/mol. The molecule has 5 heteroatoms. The number of benzene rings is 1. The highest BCUT2D eigenvalue weighted by atomic mass is 127. The Bertz CT molecular complexity index is 591. The molecule has 0 unspecified atom stereocenters. The van der Waals surface area contributed by atoms with Crippen LogP contribution in [-0.4, -0.2) is 30.7 Å². The molecule has 0 radical (unpaired) electrons. The van der Waals surface area contributed by atoms with E-state index < -0.39 is 0 Å². The maximum absolute atomic E-state index is 4.30. The van der Waals surface area contributed by atoms with Crippen molar-refractivity contribution in [3.8, 4) is 0 Å². The molecule has 0 aliphatic rings. The van der Waals surface area contributed by atoms with Gasteiger partial charge in [-0.1, -0.05) is 44.2 Å². The van der Waals surface area contributed by atoms with Gasteiger partial charge in [0.1, 0.15) is 0 Å². The summed E-state index contributed by atoms with van der Waals surface area (Å²) in [4.78, 5) is 4.30. The number of halogens is 1. The van der Waals surface area contributed by atoms with Crippen LogP contribution in [0.3, 0.4) is 0 Å². The molecule has 0 saturated heterocycles. The fourth-order valence-corrected chi connectivity index (χ4v) is 2.58. The zero-order valence-corrected chi connectivity index (χ0v) is 17.2. The van der Waals surface area contributed by atoms with Gasteiger partial charge in [-0.05, 0) is 29.5 Å². The predicted octanol–water partition coefficient (Wildman–Crippen LogP) is 3.54. The summed E-state index contributed by atoms with van der Waals surface area (Å²) in [6.45, 7) is 7.22. The number of nitrogens with zero attached hydrogens (tertiary/aromatic N) is 2. The lowest BCUT2D eigenvalue weighted by atomic mass is 9.86. The van der Waals surface area contributed by atoms with Gasteiger partial charge in [-0.3, -0.25) is 4.99 Å². The quantitative estimate of drug-likeness (QED) is 0.393. The average Bonchev–Trinajstić information content (AvgIpc) is 3.04. The second-order valence-corrected chi connectivity index (χ2v) is 6.60. The highest BCUT2D eigenvalue weighted by Gasteiger charge is 2.18. The van der Waals surface area contributed by atoms with E-state index in [2.05, 4.69) is 76.8 Å². The Balaban J connectivity index is 0.00000288. The van der Waals surface area contributed by atoms with Gasteiger partial charge in [0.25, 0.3) is 0 Å². The van der Waals surface area contributed by atoms with Crippen molar-refractivity contribution in [2.24, 2.45) is 10.4 Å². The molecule has 0 saturated carbocycles. The van der Waals surface area contributed by atoms with E-state index >= 15 is 0 Å². The van der Waals surface area contributed by atoms with Crippen LogP contribution in [0.4, 0.5) is 0 Å². The molecule has 1 aromatic heterocycles. The van der Waals surface area contributed by atoms with E-state index in [9.17, 15) is 0 Å². The lowest BCUT2D eigenvalue weighted by Gasteiger charge is -2.26. The smallest absolute Gasteiger partial charge is 0.191 e. The van der Waals surface area contributed by atoms with Crippen molar-refractivity contribution in [2.75, 3.05) is 20.1 Å². The largest absolute Gasteiger partial charge is 0.356 e. The summed E-state index contributed by atoms with van der Waals surface area (Å²) in [6.07, 6.45) is 5.18. The second kappa shape index (κ2) is 10.4. The number of aliphatic imine (C=N–C) groups is 1. The molecule has 1 aromatic carbocycles. The molecule has 0 amide bonds. The van der Waals surface area contributed by atoms with Crippen molar-refractivity contribution < 1.29 is 0 Å². The van der Waals surface area contributed by atoms with Crippen molar-refractivity contribution in [3.05, 3.63) is 60.4 Å². The molecule has 1 heterocycles. The number of rotatable bonds is 7. The molecule has 2 rings (SSSR count). The van der Waals surface area contributed by atoms with Crippen LogP contribution < -0.4 is 10.6 Å². The van der Waals surface area contributed by atoms with Gasteiger partial charge in [-0.25, -0.2) is 0 Å². The van der Waals surface area contributed by atoms with Gasteiger partial charge in [0.15, 0.2) is 5.96 Å². The maximum Gasteiger partial charge on any atom is 0.191 e. The topological polar surface area (TPSA) is 41.4 Å². The number of guanidine groups is 1. The van der Waals surface area contributed by atoms with E-state index in [0.717, 1.165) is 32.0 Å². The van der Waals surface area contributed by atoms with E-state index in [-0.39, 0.29) is 29.4 Å². The zero-order chi connectivity index (χ0) is 16.5. The first-order valence-corrected chi connectivity index (χ1v) is 8.18. The van der Waals surface area contributed by atoms with Crippen LogP contribution in [0.15, 0.2) is 59.9 Å². The lowest BCUT2D eigenvalue weighted by Crippen LogP contribution is -2.43. The summed E-state index contributed by atoms with van der Waals surface area (Å²) in [5, 5.41) is 6.80. The Hall–Kier alpha value is -1.50. The minimum Gasteiger partial charge on any atom is -0.356 e. The molecule has 2 aromatic rings. The Morgan fingerprint density at radius 3 is 2.33 bits per heavy atom. The van der Waals surface area contributed by atoms with Crippen LogP contribution in [0.5, 0.6) is 0 Å². The molecule has 0 spiro atoms. The fraction of sp³-hybridized carbons (Fsp3) is 0.421. The summed E-state index contributed by atoms with van der Waals surface area (Å²) >= 11 is 0. The van der Waals surface area contributed by atoms with E-state index in [1.165, 1.54) is 5.56 Å². The first-order chi connectivity index (χ1) is 11.1. The predicted molar refractivity (Wildman–Crippen MR) is 113 cm³/mol. The molecule has 0 aliphatic carbocycles. The molecule has 0 atom stereocenters. The maximum atomic E-state index is 4.30. The minimum atomic E-state index is 0. The van der Waals surface area contributed by atoms with Crippen molar-refractivity contribution in [1.29, 1.82) is 0 Å². The van der Waals surface area contributed by atoms with Gasteiger partial charge in [0.2, 0.25) is 0 Å². The number of hydrogen-bond donors (Lipinski definition) is 2. The Labute approximate surface area is 162 Å². The summed E-state index contributed by atoms with van der Waals surface area (Å²) in [5.74, 6) is 0.860. The SMILES string of the molecule is CN=C(NCCn1cccc1)NCC(C)(C)Cc1ccccc1.I. The van der Waals surface area contributed by atoms with Crippen LogP contribution in [-0.2, 0) is 13.0 Å². The molecule has 24 heavy (non-hydrogen) atoms. The first kappa shape index (κ1) is 20.5. The van der Waals surface area contributed by atoms with Crippen molar-refractivity contribution >= 4 is 29.9 Å². The van der Waals surface area contributed by atoms with E-state index in [4.69, 9.17) is 0 Å². The summed E-state index contributed by atoms with van der Waals surface area (Å²) in [7, 11) is 1.81. The van der Waals surface area contributed by atoms with Gasteiger partial charge in [-0.15, -0.1) is 24.0 Å². The fourth-order valence-electron chi connectivity index (χ4n) is 2.58. The van der Waals surface area contributed by atoms with E-state index in [1.54, 1.807) is 0 Å². The van der Waals surface area contributed by atoms with Gasteiger partial charge in [0.05, 0.1) is 0 Å². The van der Waals surface area contributed by atoms with Crippen LogP contribution in [0.2, 0.25) is 0 Å². The van der Waals surface area contributed by atoms with Gasteiger partial charge in [0, 0.05) is 39.1 Å². The highest BCUT2D eigenvalue weighted by Crippen LogP contribution is 2.20. The van der Waals surface area contributed by atoms with Gasteiger partial charge >= 0.3 is 0 Å². The highest BCUT2D eigenvalue weighted by molar-refractivity contribution is 14.0. The number of nitrogens with one attached hydrogen (secondary N) is 2. The zero-order valence-electron chi connectivity index (χ0n) is 14.8. The molecule has 0 fully saturated rings. The minimum absolute atomic E-state index is 0. The molecule has 2 N–H and O–H groups in total. The third-order valence-electron chi connectivity index (χ3n) is 3.81. The molecule has 0 bridgehead atoms. The second-order valence-electron chi connectivity index (χ2n) is 6.60. The Morgan fingerprint density at radius 1 is 1.04 bits per heavy atom. The van der Waals surface area contributed by atoms with E-state index in [1.807, 2.05) is 19.2 Å². The van der Waals surface area contributed by atoms with Crippen LogP contribution in [0, 0.1) is 5.41 Å². The lowest BCUT2D eigenvalue weighted by molar-refractivity contribution is 0.359. The van der Waals surface area contributed by atoms with Crippen molar-refractivity contribution in [2.45, 2.75) is 26.8 Å². The molecule has 4 nitrogen and oxygen atoms in total. The number of aromatic nitrogens is 1. The third kappa shape index (κ3) is 7.38. The first-order valence-electron chi connectivity index (χ1n) is 8.18. The standard InChI is InChI=1S/C19H28N4.HI/c1-19(2,15-17-9-5-4-6-10-17)16-22-18(20-3)21-11-14-23-12-7-8-13-23;/h4-10,12-13H,11,14-16H2,1-3H3,(H2,20,21,22);1H. The van der Waals surface area contributed by atoms with Crippen molar-refractivity contribution in [1.82, 2.24) is 15.2 Å². The van der Waals surface area contributed by atoms with Crippen LogP contribution in [0.25, 0.3) is 0 Å². The monoisotopic (exact) mass is 440 g/mol.